The Morgan fingerprint density at radius 2 is 2.14 bits per heavy atom. The quantitative estimate of drug-likeness (QED) is 0.844. The highest BCUT2D eigenvalue weighted by Crippen LogP contribution is 2.27. The van der Waals surface area contributed by atoms with Gasteiger partial charge in [-0.25, -0.2) is 12.8 Å². The minimum Gasteiger partial charge on any atom is -0.379 e. The van der Waals surface area contributed by atoms with Gasteiger partial charge in [-0.1, -0.05) is 11.6 Å². The molecule has 1 saturated heterocycles. The standard InChI is InChI=1S/C12H12Cl2FNO4S/c1-12(2-3-20-6-12)16-11(17)7-4-10(21(14,18)19)9(15)5-8(7)13/h4-5H,2-3,6H2,1H3,(H,16,17). The van der Waals surface area contributed by atoms with Crippen LogP contribution in [0.2, 0.25) is 5.02 Å². The first-order valence-corrected chi connectivity index (χ1v) is 8.65. The fourth-order valence-corrected chi connectivity index (χ4v) is 3.14. The first-order chi connectivity index (χ1) is 9.62. The molecule has 116 valence electrons. The van der Waals surface area contributed by atoms with E-state index >= 15 is 0 Å². The summed E-state index contributed by atoms with van der Waals surface area (Å²) in [5.41, 5.74) is -0.736. The number of hydrogen-bond acceptors (Lipinski definition) is 4. The van der Waals surface area contributed by atoms with Crippen LogP contribution < -0.4 is 5.32 Å². The second-order valence-electron chi connectivity index (χ2n) is 5.02. The normalized spacial score (nSPS) is 22.3. The third-order valence-corrected chi connectivity index (χ3v) is 4.81. The molecule has 1 fully saturated rings. The van der Waals surface area contributed by atoms with Gasteiger partial charge in [-0.15, -0.1) is 0 Å². The molecule has 1 amide bonds. The highest BCUT2D eigenvalue weighted by Gasteiger charge is 2.32. The number of hydrogen-bond donors (Lipinski definition) is 1. The maximum absolute atomic E-state index is 13.6. The Morgan fingerprint density at radius 1 is 1.48 bits per heavy atom. The van der Waals surface area contributed by atoms with Crippen LogP contribution in [0.25, 0.3) is 0 Å². The third kappa shape index (κ3) is 3.66. The van der Waals surface area contributed by atoms with Gasteiger partial charge in [-0.2, -0.15) is 0 Å². The lowest BCUT2D eigenvalue weighted by Crippen LogP contribution is -2.46. The molecule has 1 aromatic rings. The zero-order chi connectivity index (χ0) is 15.8. The van der Waals surface area contributed by atoms with Gasteiger partial charge in [0, 0.05) is 17.3 Å². The van der Waals surface area contributed by atoms with E-state index < -0.39 is 31.2 Å². The Bertz CT molecular complexity index is 687. The van der Waals surface area contributed by atoms with Gasteiger partial charge in [0.1, 0.15) is 10.7 Å². The molecule has 1 aliphatic heterocycles. The fourth-order valence-electron chi connectivity index (χ4n) is 2.00. The third-order valence-electron chi connectivity index (χ3n) is 3.16. The van der Waals surface area contributed by atoms with Crippen molar-refractivity contribution >= 4 is 37.2 Å². The molecule has 1 aliphatic rings. The Balaban J connectivity index is 2.37. The number of amides is 1. The summed E-state index contributed by atoms with van der Waals surface area (Å²) < 4.78 is 41.3. The van der Waals surface area contributed by atoms with Gasteiger partial charge >= 0.3 is 0 Å². The molecule has 1 N–H and O–H groups in total. The predicted molar refractivity (Wildman–Crippen MR) is 75.8 cm³/mol. The van der Waals surface area contributed by atoms with Crippen molar-refractivity contribution in [2.45, 2.75) is 23.8 Å². The number of ether oxygens (including phenoxy) is 1. The van der Waals surface area contributed by atoms with Crippen molar-refractivity contribution in [2.24, 2.45) is 0 Å². The van der Waals surface area contributed by atoms with E-state index in [0.29, 0.717) is 19.6 Å². The minimum absolute atomic E-state index is 0.162. The van der Waals surface area contributed by atoms with Gasteiger partial charge in [0.15, 0.2) is 0 Å². The van der Waals surface area contributed by atoms with E-state index in [0.717, 1.165) is 12.1 Å². The van der Waals surface area contributed by atoms with Crippen LogP contribution in [0.15, 0.2) is 17.0 Å². The van der Waals surface area contributed by atoms with E-state index in [4.69, 9.17) is 27.0 Å². The molecule has 0 aliphatic carbocycles. The molecule has 1 aromatic carbocycles. The minimum atomic E-state index is -4.31. The van der Waals surface area contributed by atoms with Crippen LogP contribution in [-0.2, 0) is 13.8 Å². The number of rotatable bonds is 3. The van der Waals surface area contributed by atoms with Crippen molar-refractivity contribution in [2.75, 3.05) is 13.2 Å². The summed E-state index contributed by atoms with van der Waals surface area (Å²) in [7, 11) is 0.813. The predicted octanol–water partition coefficient (Wildman–Crippen LogP) is 2.32. The lowest BCUT2D eigenvalue weighted by atomic mass is 10.0. The molecule has 9 heteroatoms. The average molecular weight is 356 g/mol. The smallest absolute Gasteiger partial charge is 0.264 e. The van der Waals surface area contributed by atoms with Crippen LogP contribution in [0.1, 0.15) is 23.7 Å². The molecular weight excluding hydrogens is 344 g/mol. The molecule has 0 saturated carbocycles. The van der Waals surface area contributed by atoms with Crippen LogP contribution >= 0.6 is 22.3 Å². The lowest BCUT2D eigenvalue weighted by Gasteiger charge is -2.23. The van der Waals surface area contributed by atoms with Gasteiger partial charge in [-0.05, 0) is 25.5 Å². The van der Waals surface area contributed by atoms with Crippen LogP contribution in [-0.4, -0.2) is 33.1 Å². The summed E-state index contributed by atoms with van der Waals surface area (Å²) in [6, 6.07) is 1.58. The zero-order valence-corrected chi connectivity index (χ0v) is 13.3. The molecule has 0 aromatic heterocycles. The molecule has 1 atom stereocenters. The van der Waals surface area contributed by atoms with Crippen molar-refractivity contribution in [3.8, 4) is 0 Å². The lowest BCUT2D eigenvalue weighted by molar-refractivity contribution is 0.0889. The summed E-state index contributed by atoms with van der Waals surface area (Å²) in [5, 5.41) is 2.50. The second-order valence-corrected chi connectivity index (χ2v) is 7.96. The van der Waals surface area contributed by atoms with Crippen LogP contribution in [0.3, 0.4) is 0 Å². The largest absolute Gasteiger partial charge is 0.379 e. The number of nitrogens with one attached hydrogen (secondary N) is 1. The van der Waals surface area contributed by atoms with E-state index in [9.17, 15) is 17.6 Å². The highest BCUT2D eigenvalue weighted by molar-refractivity contribution is 8.13. The van der Waals surface area contributed by atoms with E-state index in [2.05, 4.69) is 5.32 Å². The summed E-state index contributed by atoms with van der Waals surface area (Å²) in [4.78, 5) is 11.4. The average Bonchev–Trinajstić information content (AvgIpc) is 2.73. The summed E-state index contributed by atoms with van der Waals surface area (Å²) in [5.74, 6) is -1.73. The van der Waals surface area contributed by atoms with E-state index in [1.807, 2.05) is 0 Å². The Kier molecular flexibility index (Phi) is 4.49. The number of benzene rings is 1. The summed E-state index contributed by atoms with van der Waals surface area (Å²) >= 11 is 5.81. The van der Waals surface area contributed by atoms with E-state index in [1.165, 1.54) is 0 Å². The fraction of sp³-hybridized carbons (Fsp3) is 0.417. The molecule has 0 spiro atoms. The molecular formula is C12H12Cl2FNO4S. The first kappa shape index (κ1) is 16.5. The van der Waals surface area contributed by atoms with Gasteiger partial charge in [0.2, 0.25) is 0 Å². The molecule has 5 nitrogen and oxygen atoms in total. The Labute approximate surface area is 130 Å². The topological polar surface area (TPSA) is 72.5 Å². The number of carbonyl (C=O) groups excluding carboxylic acids is 1. The Hall–Kier alpha value is -0.890. The Morgan fingerprint density at radius 3 is 2.67 bits per heavy atom. The van der Waals surface area contributed by atoms with Crippen molar-refractivity contribution in [1.29, 1.82) is 0 Å². The molecule has 0 bridgehead atoms. The van der Waals surface area contributed by atoms with Crippen LogP contribution in [0, 0.1) is 5.82 Å². The summed E-state index contributed by atoms with van der Waals surface area (Å²) in [6.45, 7) is 2.63. The van der Waals surface area contributed by atoms with E-state index in [-0.39, 0.29) is 10.6 Å². The van der Waals surface area contributed by atoms with Crippen LogP contribution in [0.5, 0.6) is 0 Å². The summed E-state index contributed by atoms with van der Waals surface area (Å²) in [6.07, 6.45) is 0.609. The maximum atomic E-state index is 13.6. The highest BCUT2D eigenvalue weighted by atomic mass is 35.7. The van der Waals surface area contributed by atoms with Gasteiger partial charge in [0.05, 0.1) is 22.7 Å². The monoisotopic (exact) mass is 355 g/mol. The van der Waals surface area contributed by atoms with Crippen molar-refractivity contribution < 1.29 is 22.3 Å². The van der Waals surface area contributed by atoms with Gasteiger partial charge < -0.3 is 10.1 Å². The SMILES string of the molecule is CC1(NC(=O)c2cc(S(=O)(=O)Cl)c(F)cc2Cl)CCOC1. The second kappa shape index (κ2) is 5.72. The van der Waals surface area contributed by atoms with Gasteiger partial charge in [0.25, 0.3) is 15.0 Å². The van der Waals surface area contributed by atoms with Crippen molar-refractivity contribution in [3.05, 3.63) is 28.5 Å². The molecule has 2 rings (SSSR count). The molecule has 21 heavy (non-hydrogen) atoms. The van der Waals surface area contributed by atoms with Crippen molar-refractivity contribution in [3.63, 3.8) is 0 Å². The number of halogens is 3. The molecule has 1 heterocycles. The van der Waals surface area contributed by atoms with Gasteiger partial charge in [-0.3, -0.25) is 4.79 Å². The molecule has 0 radical (unpaired) electrons. The van der Waals surface area contributed by atoms with Crippen LogP contribution in [0.4, 0.5) is 4.39 Å². The maximum Gasteiger partial charge on any atom is 0.264 e. The van der Waals surface area contributed by atoms with Crippen molar-refractivity contribution in [1.82, 2.24) is 5.32 Å². The number of carbonyl (C=O) groups is 1. The zero-order valence-electron chi connectivity index (χ0n) is 11.0. The first-order valence-electron chi connectivity index (χ1n) is 5.96. The van der Waals surface area contributed by atoms with E-state index in [1.54, 1.807) is 6.92 Å². The molecule has 1 unspecified atom stereocenters.